The van der Waals surface area contributed by atoms with Crippen molar-refractivity contribution >= 4 is 35.8 Å². The Kier molecular flexibility index (Phi) is 4.47. The zero-order valence-electron chi connectivity index (χ0n) is 6.44. The molecule has 0 aromatic heterocycles. The first-order valence-electron chi connectivity index (χ1n) is 3.14. The molecule has 0 atom stereocenters. The number of hydrogen-bond donors (Lipinski definition) is 0. The number of carboxylic acids is 2. The molecule has 1 rings (SSSR count). The van der Waals surface area contributed by atoms with E-state index in [-0.39, 0.29) is 35.0 Å². The Morgan fingerprint density at radius 2 is 1.38 bits per heavy atom. The number of carbonyl (C=O) groups excluding carboxylic acids is 2. The molecule has 0 aliphatic rings. The molecule has 0 aliphatic carbocycles. The second-order valence-corrected chi connectivity index (χ2v) is 2.16. The third-order valence-electron chi connectivity index (χ3n) is 1.33. The van der Waals surface area contributed by atoms with E-state index >= 15 is 0 Å². The van der Waals surface area contributed by atoms with Gasteiger partial charge in [0.15, 0.2) is 0 Å². The summed E-state index contributed by atoms with van der Waals surface area (Å²) in [4.78, 5) is 20.5. The molecule has 0 aliphatic heterocycles. The molecule has 0 bridgehead atoms. The summed E-state index contributed by atoms with van der Waals surface area (Å²) in [6, 6.07) is 4.81. The maximum atomic E-state index is 10.3. The van der Waals surface area contributed by atoms with E-state index in [2.05, 4.69) is 0 Å². The summed E-state index contributed by atoms with van der Waals surface area (Å²) < 4.78 is 0. The van der Waals surface area contributed by atoms with Crippen molar-refractivity contribution in [2.45, 2.75) is 0 Å². The summed E-state index contributed by atoms with van der Waals surface area (Å²) in [6.07, 6.45) is 0. The summed E-state index contributed by atoms with van der Waals surface area (Å²) in [5.41, 5.74) is -0.339. The first-order chi connectivity index (χ1) is 5.61. The average Bonchev–Trinajstić information content (AvgIpc) is 2.04. The molecule has 4 nitrogen and oxygen atoms in total. The van der Waals surface area contributed by atoms with Crippen LogP contribution < -0.4 is 10.2 Å². The standard InChI is InChI=1S/C8H6O4.Sn/c9-7(10)5-2-1-3-6(4-5)8(11)12;/h1-4H,(H,9,10)(H,11,12);/q;+2/p-2. The molecule has 0 heterocycles. The largest absolute Gasteiger partial charge is 2.00 e. The van der Waals surface area contributed by atoms with E-state index in [1.807, 2.05) is 0 Å². The molecule has 0 unspecified atom stereocenters. The molecule has 0 amide bonds. The Balaban J connectivity index is 0.00000144. The summed E-state index contributed by atoms with van der Waals surface area (Å²) >= 11 is 0. The predicted molar refractivity (Wildman–Crippen MR) is 40.9 cm³/mol. The van der Waals surface area contributed by atoms with Gasteiger partial charge in [-0.05, 0) is 17.2 Å². The Bertz CT molecular complexity index is 305. The van der Waals surface area contributed by atoms with Gasteiger partial charge < -0.3 is 19.8 Å². The van der Waals surface area contributed by atoms with E-state index in [1.54, 1.807) is 0 Å². The molecule has 2 radical (unpaired) electrons. The second-order valence-electron chi connectivity index (χ2n) is 2.16. The third kappa shape index (κ3) is 3.06. The number of rotatable bonds is 2. The minimum absolute atomic E-state index is 0. The topological polar surface area (TPSA) is 80.3 Å². The van der Waals surface area contributed by atoms with Crippen LogP contribution in [0.3, 0.4) is 0 Å². The van der Waals surface area contributed by atoms with Crippen LogP contribution in [-0.4, -0.2) is 35.8 Å². The fourth-order valence-corrected chi connectivity index (χ4v) is 0.773. The molecule has 5 heteroatoms. The summed E-state index contributed by atoms with van der Waals surface area (Å²) in [5.74, 6) is -2.81. The van der Waals surface area contributed by atoms with E-state index < -0.39 is 11.9 Å². The molecule has 13 heavy (non-hydrogen) atoms. The molecule has 0 saturated heterocycles. The Morgan fingerprint density at radius 1 is 1.00 bits per heavy atom. The minimum atomic E-state index is -1.40. The van der Waals surface area contributed by atoms with E-state index in [1.165, 1.54) is 18.2 Å². The molecule has 0 spiro atoms. The minimum Gasteiger partial charge on any atom is -0.545 e. The maximum Gasteiger partial charge on any atom is 2.00 e. The van der Waals surface area contributed by atoms with Gasteiger partial charge in [0.25, 0.3) is 0 Å². The first-order valence-corrected chi connectivity index (χ1v) is 3.14. The van der Waals surface area contributed by atoms with Crippen LogP contribution in [0, 0.1) is 0 Å². The van der Waals surface area contributed by atoms with E-state index in [9.17, 15) is 19.8 Å². The molecular weight excluding hydrogens is 279 g/mol. The van der Waals surface area contributed by atoms with Crippen LogP contribution in [-0.2, 0) is 0 Å². The smallest absolute Gasteiger partial charge is 0.545 e. The monoisotopic (exact) mass is 284 g/mol. The summed E-state index contributed by atoms with van der Waals surface area (Å²) in [7, 11) is 0. The van der Waals surface area contributed by atoms with Crippen molar-refractivity contribution in [2.75, 3.05) is 0 Å². The van der Waals surface area contributed by atoms with E-state index in [4.69, 9.17) is 0 Å². The Hall–Kier alpha value is -1.04. The van der Waals surface area contributed by atoms with Crippen LogP contribution >= 0.6 is 0 Å². The van der Waals surface area contributed by atoms with Crippen LogP contribution in [0.2, 0.25) is 0 Å². The number of carboxylic acid groups (broad SMARTS) is 2. The maximum absolute atomic E-state index is 10.3. The number of hydrogen-bond acceptors (Lipinski definition) is 4. The van der Waals surface area contributed by atoms with Crippen LogP contribution in [0.1, 0.15) is 20.7 Å². The van der Waals surface area contributed by atoms with Crippen molar-refractivity contribution < 1.29 is 19.8 Å². The van der Waals surface area contributed by atoms with E-state index in [0.29, 0.717) is 0 Å². The van der Waals surface area contributed by atoms with Crippen LogP contribution in [0.15, 0.2) is 24.3 Å². The van der Waals surface area contributed by atoms with Gasteiger partial charge in [0, 0.05) is 0 Å². The first kappa shape index (κ1) is 12.0. The van der Waals surface area contributed by atoms with Gasteiger partial charge in [0.05, 0.1) is 11.9 Å². The quantitative estimate of drug-likeness (QED) is 0.590. The third-order valence-corrected chi connectivity index (χ3v) is 1.33. The van der Waals surface area contributed by atoms with E-state index in [0.717, 1.165) is 6.07 Å². The Morgan fingerprint density at radius 3 is 1.69 bits per heavy atom. The normalized spacial score (nSPS) is 8.62. The van der Waals surface area contributed by atoms with Gasteiger partial charge in [0.2, 0.25) is 0 Å². The predicted octanol–water partition coefficient (Wildman–Crippen LogP) is -1.97. The fourth-order valence-electron chi connectivity index (χ4n) is 0.773. The summed E-state index contributed by atoms with van der Waals surface area (Å²) in [6.45, 7) is 0. The van der Waals surface area contributed by atoms with Crippen LogP contribution in [0.5, 0.6) is 0 Å². The van der Waals surface area contributed by atoms with Gasteiger partial charge >= 0.3 is 23.9 Å². The van der Waals surface area contributed by atoms with Crippen LogP contribution in [0.25, 0.3) is 0 Å². The number of aromatic carboxylic acids is 2. The second kappa shape index (κ2) is 4.86. The van der Waals surface area contributed by atoms with Crippen molar-refractivity contribution in [3.05, 3.63) is 35.4 Å². The van der Waals surface area contributed by atoms with Crippen molar-refractivity contribution in [3.8, 4) is 0 Å². The molecule has 0 fully saturated rings. The van der Waals surface area contributed by atoms with Crippen molar-refractivity contribution in [1.29, 1.82) is 0 Å². The number of carbonyl (C=O) groups is 2. The number of benzene rings is 1. The van der Waals surface area contributed by atoms with Gasteiger partial charge in [-0.2, -0.15) is 0 Å². The zero-order valence-corrected chi connectivity index (χ0v) is 9.30. The van der Waals surface area contributed by atoms with Gasteiger partial charge in [-0.1, -0.05) is 18.2 Å². The molecule has 0 saturated carbocycles. The zero-order chi connectivity index (χ0) is 9.14. The SMILES string of the molecule is O=C([O-])c1cccc(C(=O)[O-])c1.[Sn+2]. The van der Waals surface area contributed by atoms with Crippen molar-refractivity contribution in [3.63, 3.8) is 0 Å². The molecule has 64 valence electrons. The molecular formula is C8H4O4Sn. The van der Waals surface area contributed by atoms with Crippen molar-refractivity contribution in [1.82, 2.24) is 0 Å². The van der Waals surface area contributed by atoms with Crippen molar-refractivity contribution in [2.24, 2.45) is 0 Å². The molecule has 1 aromatic rings. The van der Waals surface area contributed by atoms with Gasteiger partial charge in [-0.25, -0.2) is 0 Å². The molecule has 0 N–H and O–H groups in total. The average molecular weight is 283 g/mol. The van der Waals surface area contributed by atoms with Gasteiger partial charge in [-0.15, -0.1) is 0 Å². The fraction of sp³-hybridized carbons (Fsp3) is 0. The summed E-state index contributed by atoms with van der Waals surface area (Å²) in [5, 5.41) is 20.5. The van der Waals surface area contributed by atoms with Crippen LogP contribution in [0.4, 0.5) is 0 Å². The molecule has 1 aromatic carbocycles. The van der Waals surface area contributed by atoms with Gasteiger partial charge in [-0.3, -0.25) is 0 Å². The van der Waals surface area contributed by atoms with Gasteiger partial charge in [0.1, 0.15) is 0 Å². The Labute approximate surface area is 91.2 Å².